The zero-order chi connectivity index (χ0) is 17.6. The van der Waals surface area contributed by atoms with Crippen LogP contribution in [-0.2, 0) is 12.8 Å². The number of aryl methyl sites for hydroxylation is 2. The van der Waals surface area contributed by atoms with Gasteiger partial charge in [0.2, 0.25) is 0 Å². The second kappa shape index (κ2) is 6.42. The molecular formula is C19H18BrN3OS. The largest absolute Gasteiger partial charge is 0.397 e. The molecule has 1 aromatic carbocycles. The van der Waals surface area contributed by atoms with E-state index in [0.29, 0.717) is 10.6 Å². The van der Waals surface area contributed by atoms with Gasteiger partial charge in [0.15, 0.2) is 0 Å². The number of carbonyl (C=O) groups is 1. The van der Waals surface area contributed by atoms with E-state index in [9.17, 15) is 4.79 Å². The van der Waals surface area contributed by atoms with Crippen molar-refractivity contribution in [1.82, 2.24) is 4.98 Å². The minimum Gasteiger partial charge on any atom is -0.397 e. The summed E-state index contributed by atoms with van der Waals surface area (Å²) in [6.07, 6.45) is 4.44. The minimum absolute atomic E-state index is 0.181. The molecule has 0 bridgehead atoms. The van der Waals surface area contributed by atoms with Gasteiger partial charge >= 0.3 is 0 Å². The summed E-state index contributed by atoms with van der Waals surface area (Å²) in [5.74, 6) is -0.181. The molecule has 25 heavy (non-hydrogen) atoms. The molecule has 1 aliphatic rings. The van der Waals surface area contributed by atoms with E-state index < -0.39 is 0 Å². The number of anilines is 2. The van der Waals surface area contributed by atoms with Crippen LogP contribution in [0.2, 0.25) is 0 Å². The summed E-state index contributed by atoms with van der Waals surface area (Å²) in [7, 11) is 0. The Morgan fingerprint density at radius 1 is 1.32 bits per heavy atom. The van der Waals surface area contributed by atoms with Crippen LogP contribution in [0, 0.1) is 6.92 Å². The zero-order valence-electron chi connectivity index (χ0n) is 13.9. The monoisotopic (exact) mass is 415 g/mol. The third-order valence-corrected chi connectivity index (χ3v) is 6.69. The second-order valence-corrected chi connectivity index (χ2v) is 8.22. The van der Waals surface area contributed by atoms with Crippen LogP contribution >= 0.6 is 27.3 Å². The van der Waals surface area contributed by atoms with Crippen LogP contribution in [0.15, 0.2) is 28.7 Å². The number of aromatic nitrogens is 1. The summed E-state index contributed by atoms with van der Waals surface area (Å²) in [6, 6.07) is 7.87. The number of fused-ring (bicyclic) bond motifs is 2. The molecule has 4 rings (SSSR count). The highest BCUT2D eigenvalue weighted by Crippen LogP contribution is 2.36. The molecule has 0 radical (unpaired) electrons. The highest BCUT2D eigenvalue weighted by Gasteiger charge is 2.21. The Labute approximate surface area is 158 Å². The summed E-state index contributed by atoms with van der Waals surface area (Å²) in [4.78, 5) is 18.9. The summed E-state index contributed by atoms with van der Waals surface area (Å²) in [6.45, 7) is 1.96. The van der Waals surface area contributed by atoms with Crippen LogP contribution in [0.1, 0.15) is 39.3 Å². The fourth-order valence-electron chi connectivity index (χ4n) is 3.25. The first-order valence-electron chi connectivity index (χ1n) is 8.32. The molecule has 0 fully saturated rings. The zero-order valence-corrected chi connectivity index (χ0v) is 16.3. The fraction of sp³-hybridized carbons (Fsp3) is 0.263. The first kappa shape index (κ1) is 16.5. The molecule has 0 atom stereocenters. The minimum atomic E-state index is -0.181. The van der Waals surface area contributed by atoms with Gasteiger partial charge in [-0.1, -0.05) is 22.0 Å². The number of hydrogen-bond acceptors (Lipinski definition) is 4. The lowest BCUT2D eigenvalue weighted by molar-refractivity contribution is 0.103. The highest BCUT2D eigenvalue weighted by atomic mass is 79.9. The Balaban J connectivity index is 1.72. The van der Waals surface area contributed by atoms with Gasteiger partial charge in [-0.3, -0.25) is 4.79 Å². The van der Waals surface area contributed by atoms with Crippen LogP contribution < -0.4 is 11.1 Å². The molecule has 6 heteroatoms. The van der Waals surface area contributed by atoms with Crippen LogP contribution in [-0.4, -0.2) is 10.9 Å². The number of nitrogens with two attached hydrogens (primary N) is 1. The number of nitrogens with one attached hydrogen (secondary N) is 1. The molecule has 0 unspecified atom stereocenters. The molecule has 0 saturated heterocycles. The number of amides is 1. The van der Waals surface area contributed by atoms with E-state index in [2.05, 4.69) is 27.3 Å². The predicted molar refractivity (Wildman–Crippen MR) is 108 cm³/mol. The first-order chi connectivity index (χ1) is 12.0. The molecular weight excluding hydrogens is 398 g/mol. The summed E-state index contributed by atoms with van der Waals surface area (Å²) in [5, 5.41) is 3.88. The molecule has 0 saturated carbocycles. The maximum absolute atomic E-state index is 12.8. The molecule has 1 amide bonds. The summed E-state index contributed by atoms with van der Waals surface area (Å²) >= 11 is 4.86. The Morgan fingerprint density at radius 3 is 2.96 bits per heavy atom. The number of nitrogen functional groups attached to an aromatic ring is 1. The van der Waals surface area contributed by atoms with E-state index in [4.69, 9.17) is 10.7 Å². The molecule has 2 aromatic heterocycles. The topological polar surface area (TPSA) is 68.0 Å². The van der Waals surface area contributed by atoms with Crippen LogP contribution in [0.5, 0.6) is 0 Å². The van der Waals surface area contributed by atoms with Gasteiger partial charge in [0.25, 0.3) is 5.91 Å². The van der Waals surface area contributed by atoms with Crippen LogP contribution in [0.4, 0.5) is 11.4 Å². The van der Waals surface area contributed by atoms with Crippen molar-refractivity contribution in [3.05, 3.63) is 50.4 Å². The summed E-state index contributed by atoms with van der Waals surface area (Å²) < 4.78 is 0.962. The van der Waals surface area contributed by atoms with Gasteiger partial charge in [-0.05, 0) is 61.9 Å². The van der Waals surface area contributed by atoms with E-state index in [1.165, 1.54) is 29.7 Å². The van der Waals surface area contributed by atoms with Gasteiger partial charge in [-0.2, -0.15) is 0 Å². The number of rotatable bonds is 2. The Bertz CT molecular complexity index is 996. The Morgan fingerprint density at radius 2 is 2.12 bits per heavy atom. The third-order valence-electron chi connectivity index (χ3n) is 4.72. The maximum Gasteiger partial charge on any atom is 0.267 e. The smallest absolute Gasteiger partial charge is 0.267 e. The lowest BCUT2D eigenvalue weighted by atomic mass is 9.95. The van der Waals surface area contributed by atoms with Gasteiger partial charge in [-0.15, -0.1) is 11.3 Å². The lowest BCUT2D eigenvalue weighted by Gasteiger charge is -2.14. The SMILES string of the molecule is Cc1c(Br)cccc1NC(=O)c1sc2nc3c(cc2c1N)CCCC3. The van der Waals surface area contributed by atoms with Crippen molar-refractivity contribution in [2.75, 3.05) is 11.1 Å². The maximum atomic E-state index is 12.8. The van der Waals surface area contributed by atoms with Crippen LogP contribution in [0.3, 0.4) is 0 Å². The molecule has 3 N–H and O–H groups in total. The number of benzene rings is 1. The van der Waals surface area contributed by atoms with E-state index in [-0.39, 0.29) is 5.91 Å². The van der Waals surface area contributed by atoms with E-state index in [1.807, 2.05) is 25.1 Å². The highest BCUT2D eigenvalue weighted by molar-refractivity contribution is 9.10. The van der Waals surface area contributed by atoms with Crippen molar-refractivity contribution < 1.29 is 4.79 Å². The average molecular weight is 416 g/mol. The van der Waals surface area contributed by atoms with Crippen molar-refractivity contribution in [3.63, 3.8) is 0 Å². The number of pyridine rings is 1. The van der Waals surface area contributed by atoms with Crippen LogP contribution in [0.25, 0.3) is 10.2 Å². The summed E-state index contributed by atoms with van der Waals surface area (Å²) in [5.41, 5.74) is 11.0. The van der Waals surface area contributed by atoms with Gasteiger partial charge in [0.05, 0.1) is 5.69 Å². The second-order valence-electron chi connectivity index (χ2n) is 6.37. The molecule has 1 aliphatic carbocycles. The van der Waals surface area contributed by atoms with E-state index >= 15 is 0 Å². The van der Waals surface area contributed by atoms with Gasteiger partial charge in [-0.25, -0.2) is 4.98 Å². The Kier molecular flexibility index (Phi) is 4.25. The third kappa shape index (κ3) is 2.93. The number of thiophene rings is 1. The molecule has 3 aromatic rings. The van der Waals surface area contributed by atoms with Gasteiger partial charge < -0.3 is 11.1 Å². The lowest BCUT2D eigenvalue weighted by Crippen LogP contribution is -2.12. The molecule has 2 heterocycles. The molecule has 128 valence electrons. The Hall–Kier alpha value is -1.92. The molecule has 0 aliphatic heterocycles. The number of nitrogens with zero attached hydrogens (tertiary/aromatic N) is 1. The average Bonchev–Trinajstić information content (AvgIpc) is 2.93. The van der Waals surface area contributed by atoms with E-state index in [1.54, 1.807) is 0 Å². The van der Waals surface area contributed by atoms with Crippen molar-refractivity contribution in [3.8, 4) is 0 Å². The normalized spacial score (nSPS) is 13.7. The van der Waals surface area contributed by atoms with Crippen molar-refractivity contribution in [2.45, 2.75) is 32.6 Å². The number of halogens is 1. The molecule has 4 nitrogen and oxygen atoms in total. The van der Waals surface area contributed by atoms with E-state index in [0.717, 1.165) is 44.5 Å². The predicted octanol–water partition coefficient (Wildman–Crippen LogP) is 5.08. The number of carbonyl (C=O) groups excluding carboxylic acids is 1. The fourth-order valence-corrected chi connectivity index (χ4v) is 4.61. The molecule has 0 spiro atoms. The standard InChI is InChI=1S/C19H18BrN3OS/c1-10-13(20)6-4-8-14(10)22-18(24)17-16(21)12-9-11-5-2-3-7-15(11)23-19(12)25-17/h4,6,8-9H,2-3,5,7,21H2,1H3,(H,22,24). The quantitative estimate of drug-likeness (QED) is 0.612. The van der Waals surface area contributed by atoms with Crippen molar-refractivity contribution >= 4 is 54.8 Å². The van der Waals surface area contributed by atoms with Gasteiger partial charge in [0.1, 0.15) is 9.71 Å². The van der Waals surface area contributed by atoms with Crippen molar-refractivity contribution in [2.24, 2.45) is 0 Å². The van der Waals surface area contributed by atoms with Gasteiger partial charge in [0, 0.05) is 21.2 Å². The number of hydrogen-bond donors (Lipinski definition) is 2. The first-order valence-corrected chi connectivity index (χ1v) is 9.93. The van der Waals surface area contributed by atoms with Crippen molar-refractivity contribution in [1.29, 1.82) is 0 Å².